The number of nitrogens with zero attached hydrogens (tertiary/aromatic N) is 1. The Bertz CT molecular complexity index is 499. The molecular weight excluding hydrogens is 312 g/mol. The number of nitro benzene ring substituents is 1. The molecule has 0 aliphatic heterocycles. The molecule has 6 heteroatoms. The van der Waals surface area contributed by atoms with E-state index in [1.807, 2.05) is 20.8 Å². The highest BCUT2D eigenvalue weighted by molar-refractivity contribution is 9.10. The molecule has 0 bridgehead atoms. The highest BCUT2D eigenvalue weighted by atomic mass is 79.9. The summed E-state index contributed by atoms with van der Waals surface area (Å²) in [4.78, 5) is 22.4. The largest absolute Gasteiger partial charge is 0.347 e. The predicted molar refractivity (Wildman–Crippen MR) is 77.2 cm³/mol. The van der Waals surface area contributed by atoms with E-state index in [2.05, 4.69) is 21.2 Å². The van der Waals surface area contributed by atoms with E-state index < -0.39 is 4.92 Å². The molecule has 5 nitrogen and oxygen atoms in total. The number of halogens is 1. The lowest BCUT2D eigenvalue weighted by Gasteiger charge is -2.28. The van der Waals surface area contributed by atoms with Gasteiger partial charge in [0.2, 0.25) is 0 Å². The summed E-state index contributed by atoms with van der Waals surface area (Å²) in [6.45, 7) is 5.94. The van der Waals surface area contributed by atoms with Gasteiger partial charge in [0.1, 0.15) is 0 Å². The van der Waals surface area contributed by atoms with Gasteiger partial charge in [0.25, 0.3) is 11.6 Å². The molecular formula is C13H17BrN2O3. The summed E-state index contributed by atoms with van der Waals surface area (Å²) in [5, 5.41) is 13.7. The zero-order valence-electron chi connectivity index (χ0n) is 11.2. The highest BCUT2D eigenvalue weighted by Crippen LogP contribution is 2.24. The first-order valence-electron chi connectivity index (χ1n) is 6.09. The van der Waals surface area contributed by atoms with E-state index in [-0.39, 0.29) is 22.7 Å². The number of carbonyl (C=O) groups is 1. The molecule has 0 aliphatic carbocycles. The Balaban J connectivity index is 3.06. The van der Waals surface area contributed by atoms with Crippen molar-refractivity contribution in [2.75, 3.05) is 0 Å². The fourth-order valence-electron chi connectivity index (χ4n) is 1.57. The molecule has 0 saturated heterocycles. The number of benzene rings is 1. The standard InChI is InChI=1S/C13H17BrN2O3/c1-4-13(3,5-2)15-12(17)10-8-9(16(18)19)6-7-11(10)14/h6-8H,4-5H2,1-3H3,(H,15,17). The van der Waals surface area contributed by atoms with Crippen LogP contribution < -0.4 is 5.32 Å². The lowest BCUT2D eigenvalue weighted by molar-refractivity contribution is -0.384. The minimum absolute atomic E-state index is 0.0944. The van der Waals surface area contributed by atoms with Crippen molar-refractivity contribution in [1.29, 1.82) is 0 Å². The van der Waals surface area contributed by atoms with Gasteiger partial charge in [-0.25, -0.2) is 0 Å². The smallest absolute Gasteiger partial charge is 0.270 e. The predicted octanol–water partition coefficient (Wildman–Crippen LogP) is 3.67. The van der Waals surface area contributed by atoms with Crippen LogP contribution >= 0.6 is 15.9 Å². The van der Waals surface area contributed by atoms with Crippen molar-refractivity contribution < 1.29 is 9.72 Å². The lowest BCUT2D eigenvalue weighted by Crippen LogP contribution is -2.45. The van der Waals surface area contributed by atoms with Crippen molar-refractivity contribution in [3.63, 3.8) is 0 Å². The maximum absolute atomic E-state index is 12.2. The van der Waals surface area contributed by atoms with E-state index >= 15 is 0 Å². The van der Waals surface area contributed by atoms with Gasteiger partial charge in [-0.05, 0) is 41.8 Å². The number of rotatable bonds is 5. The summed E-state index contributed by atoms with van der Waals surface area (Å²) in [7, 11) is 0. The van der Waals surface area contributed by atoms with Gasteiger partial charge in [0, 0.05) is 22.1 Å². The molecule has 1 amide bonds. The number of hydrogen-bond acceptors (Lipinski definition) is 3. The summed E-state index contributed by atoms with van der Waals surface area (Å²) < 4.78 is 0.546. The monoisotopic (exact) mass is 328 g/mol. The van der Waals surface area contributed by atoms with E-state index in [0.717, 1.165) is 12.8 Å². The minimum Gasteiger partial charge on any atom is -0.347 e. The first-order chi connectivity index (χ1) is 8.83. The van der Waals surface area contributed by atoms with Crippen molar-refractivity contribution in [2.24, 2.45) is 0 Å². The number of nitro groups is 1. The molecule has 0 saturated carbocycles. The molecule has 0 aromatic heterocycles. The van der Waals surface area contributed by atoms with E-state index in [9.17, 15) is 14.9 Å². The van der Waals surface area contributed by atoms with Crippen LogP contribution in [0.4, 0.5) is 5.69 Å². The van der Waals surface area contributed by atoms with Crippen LogP contribution in [0.3, 0.4) is 0 Å². The average molecular weight is 329 g/mol. The van der Waals surface area contributed by atoms with E-state index in [4.69, 9.17) is 0 Å². The number of hydrogen-bond donors (Lipinski definition) is 1. The van der Waals surface area contributed by atoms with Crippen molar-refractivity contribution in [3.05, 3.63) is 38.3 Å². The first-order valence-corrected chi connectivity index (χ1v) is 6.88. The Morgan fingerprint density at radius 2 is 2.00 bits per heavy atom. The van der Waals surface area contributed by atoms with Crippen molar-refractivity contribution in [3.8, 4) is 0 Å². The molecule has 0 heterocycles. The number of amides is 1. The Hall–Kier alpha value is -1.43. The number of nitrogens with one attached hydrogen (secondary N) is 1. The normalized spacial score (nSPS) is 11.2. The quantitative estimate of drug-likeness (QED) is 0.662. The van der Waals surface area contributed by atoms with Crippen LogP contribution in [0.2, 0.25) is 0 Å². The van der Waals surface area contributed by atoms with Gasteiger partial charge in [-0.1, -0.05) is 13.8 Å². The molecule has 1 N–H and O–H groups in total. The lowest BCUT2D eigenvalue weighted by atomic mass is 9.95. The average Bonchev–Trinajstić information content (AvgIpc) is 2.38. The third-order valence-corrected chi connectivity index (χ3v) is 4.07. The number of non-ortho nitro benzene ring substituents is 1. The van der Waals surface area contributed by atoms with E-state index in [1.54, 1.807) is 0 Å². The summed E-state index contributed by atoms with van der Waals surface area (Å²) in [5.41, 5.74) is -0.119. The molecule has 0 atom stereocenters. The van der Waals surface area contributed by atoms with Gasteiger partial charge in [0.05, 0.1) is 10.5 Å². The van der Waals surface area contributed by atoms with Crippen LogP contribution in [-0.4, -0.2) is 16.4 Å². The molecule has 1 rings (SSSR count). The fourth-order valence-corrected chi connectivity index (χ4v) is 2.00. The summed E-state index contributed by atoms with van der Waals surface area (Å²) in [6, 6.07) is 4.16. The van der Waals surface area contributed by atoms with Crippen LogP contribution in [0.25, 0.3) is 0 Å². The number of carbonyl (C=O) groups excluding carboxylic acids is 1. The molecule has 19 heavy (non-hydrogen) atoms. The van der Waals surface area contributed by atoms with Gasteiger partial charge in [-0.2, -0.15) is 0 Å². The molecule has 1 aromatic carbocycles. The van der Waals surface area contributed by atoms with Crippen LogP contribution in [0.1, 0.15) is 44.0 Å². The van der Waals surface area contributed by atoms with E-state index in [1.165, 1.54) is 18.2 Å². The van der Waals surface area contributed by atoms with Crippen molar-refractivity contribution in [1.82, 2.24) is 5.32 Å². The van der Waals surface area contributed by atoms with Gasteiger partial charge in [-0.15, -0.1) is 0 Å². The Morgan fingerprint density at radius 3 is 2.47 bits per heavy atom. The third kappa shape index (κ3) is 3.76. The first kappa shape index (κ1) is 15.6. The van der Waals surface area contributed by atoms with Crippen LogP contribution in [-0.2, 0) is 0 Å². The molecule has 0 unspecified atom stereocenters. The second kappa shape index (κ2) is 6.14. The molecule has 0 radical (unpaired) electrons. The summed E-state index contributed by atoms with van der Waals surface area (Å²) in [6.07, 6.45) is 1.59. The second-order valence-corrected chi connectivity index (χ2v) is 5.50. The zero-order valence-corrected chi connectivity index (χ0v) is 12.8. The fraction of sp³-hybridized carbons (Fsp3) is 0.462. The van der Waals surface area contributed by atoms with Crippen LogP contribution in [0, 0.1) is 10.1 Å². The van der Waals surface area contributed by atoms with Crippen molar-refractivity contribution in [2.45, 2.75) is 39.2 Å². The van der Waals surface area contributed by atoms with Crippen LogP contribution in [0.5, 0.6) is 0 Å². The third-order valence-electron chi connectivity index (χ3n) is 3.38. The van der Waals surface area contributed by atoms with Gasteiger partial charge >= 0.3 is 0 Å². The Labute approximate surface area is 120 Å². The molecule has 0 spiro atoms. The van der Waals surface area contributed by atoms with E-state index in [0.29, 0.717) is 4.47 Å². The summed E-state index contributed by atoms with van der Waals surface area (Å²) in [5.74, 6) is -0.304. The Morgan fingerprint density at radius 1 is 1.42 bits per heavy atom. The zero-order chi connectivity index (χ0) is 14.6. The Kier molecular flexibility index (Phi) is 5.05. The minimum atomic E-state index is -0.512. The maximum atomic E-state index is 12.2. The SMILES string of the molecule is CCC(C)(CC)NC(=O)c1cc([N+](=O)[O-])ccc1Br. The maximum Gasteiger partial charge on any atom is 0.270 e. The summed E-state index contributed by atoms with van der Waals surface area (Å²) >= 11 is 3.25. The molecule has 0 aliphatic rings. The molecule has 1 aromatic rings. The van der Waals surface area contributed by atoms with Crippen molar-refractivity contribution >= 4 is 27.5 Å². The highest BCUT2D eigenvalue weighted by Gasteiger charge is 2.24. The second-order valence-electron chi connectivity index (χ2n) is 4.64. The molecule has 0 fully saturated rings. The topological polar surface area (TPSA) is 72.2 Å². The van der Waals surface area contributed by atoms with Gasteiger partial charge in [-0.3, -0.25) is 14.9 Å². The molecule has 104 valence electrons. The van der Waals surface area contributed by atoms with Gasteiger partial charge in [0.15, 0.2) is 0 Å². The van der Waals surface area contributed by atoms with Crippen LogP contribution in [0.15, 0.2) is 22.7 Å². The van der Waals surface area contributed by atoms with Gasteiger partial charge < -0.3 is 5.32 Å².